The molecule has 2 saturated heterocycles. The molecule has 3 heterocycles. The van der Waals surface area contributed by atoms with Gasteiger partial charge < -0.3 is 19.5 Å². The van der Waals surface area contributed by atoms with Crippen LogP contribution >= 0.6 is 0 Å². The van der Waals surface area contributed by atoms with E-state index in [-0.39, 0.29) is 17.2 Å². The van der Waals surface area contributed by atoms with Crippen molar-refractivity contribution in [1.29, 1.82) is 0 Å². The van der Waals surface area contributed by atoms with Gasteiger partial charge in [-0.15, -0.1) is 0 Å². The van der Waals surface area contributed by atoms with Gasteiger partial charge in [-0.25, -0.2) is 0 Å². The average Bonchev–Trinajstić information content (AvgIpc) is 2.95. The summed E-state index contributed by atoms with van der Waals surface area (Å²) < 4.78 is 18.2. The maximum Gasteiger partial charge on any atom is 0.167 e. The highest BCUT2D eigenvalue weighted by atomic mass is 16.5. The lowest BCUT2D eigenvalue weighted by atomic mass is 9.70. The predicted molar refractivity (Wildman–Crippen MR) is 84.5 cm³/mol. The van der Waals surface area contributed by atoms with E-state index in [9.17, 15) is 0 Å². The van der Waals surface area contributed by atoms with Crippen LogP contribution in [0.1, 0.15) is 44.8 Å². The van der Waals surface area contributed by atoms with E-state index in [1.807, 2.05) is 12.1 Å². The van der Waals surface area contributed by atoms with Crippen LogP contribution in [0.15, 0.2) is 18.2 Å². The summed E-state index contributed by atoms with van der Waals surface area (Å²) in [7, 11) is 1.69. The topological polar surface area (TPSA) is 39.7 Å². The number of hydrogen-bond acceptors (Lipinski definition) is 4. The van der Waals surface area contributed by atoms with Crippen LogP contribution in [0.3, 0.4) is 0 Å². The summed E-state index contributed by atoms with van der Waals surface area (Å²) in [4.78, 5) is 0. The van der Waals surface area contributed by atoms with E-state index in [1.165, 1.54) is 12.8 Å². The summed E-state index contributed by atoms with van der Waals surface area (Å²) in [6, 6.07) is 6.10. The van der Waals surface area contributed by atoms with Crippen LogP contribution in [-0.2, 0) is 4.74 Å². The molecule has 4 nitrogen and oxygen atoms in total. The molecule has 0 saturated carbocycles. The third-order valence-corrected chi connectivity index (χ3v) is 5.64. The van der Waals surface area contributed by atoms with Crippen LogP contribution in [0.5, 0.6) is 11.5 Å². The fourth-order valence-electron chi connectivity index (χ4n) is 4.40. The minimum atomic E-state index is -0.260. The van der Waals surface area contributed by atoms with E-state index < -0.39 is 0 Å². The summed E-state index contributed by atoms with van der Waals surface area (Å²) in [6.07, 6.45) is 3.66. The van der Waals surface area contributed by atoms with Crippen molar-refractivity contribution < 1.29 is 14.2 Å². The molecule has 3 aliphatic rings. The molecule has 2 fully saturated rings. The molecule has 1 spiro atoms. The van der Waals surface area contributed by atoms with Crippen LogP contribution in [0, 0.1) is 5.92 Å². The van der Waals surface area contributed by atoms with E-state index in [0.717, 1.165) is 36.6 Å². The Morgan fingerprint density at radius 3 is 2.91 bits per heavy atom. The third-order valence-electron chi connectivity index (χ3n) is 5.64. The van der Waals surface area contributed by atoms with Gasteiger partial charge in [0.25, 0.3) is 0 Å². The van der Waals surface area contributed by atoms with Gasteiger partial charge >= 0.3 is 0 Å². The molecule has 0 aromatic heterocycles. The van der Waals surface area contributed by atoms with Gasteiger partial charge in [-0.1, -0.05) is 12.1 Å². The average molecular weight is 303 g/mol. The Hall–Kier alpha value is -1.26. The second-order valence-corrected chi connectivity index (χ2v) is 7.44. The number of rotatable bonds is 1. The number of benzene rings is 1. The zero-order valence-corrected chi connectivity index (χ0v) is 13.6. The van der Waals surface area contributed by atoms with Crippen LogP contribution < -0.4 is 14.8 Å². The van der Waals surface area contributed by atoms with Gasteiger partial charge in [0.15, 0.2) is 11.5 Å². The molecule has 22 heavy (non-hydrogen) atoms. The molecule has 0 aliphatic carbocycles. The zero-order valence-electron chi connectivity index (χ0n) is 13.6. The normalized spacial score (nSPS) is 35.6. The highest BCUT2D eigenvalue weighted by molar-refractivity contribution is 5.50. The van der Waals surface area contributed by atoms with Crippen molar-refractivity contribution in [3.63, 3.8) is 0 Å². The van der Waals surface area contributed by atoms with E-state index in [1.54, 1.807) is 7.11 Å². The number of hydrogen-bond donors (Lipinski definition) is 1. The zero-order chi connectivity index (χ0) is 15.4. The first-order valence-electron chi connectivity index (χ1n) is 8.27. The first kappa shape index (κ1) is 14.3. The lowest BCUT2D eigenvalue weighted by Gasteiger charge is -2.51. The van der Waals surface area contributed by atoms with Crippen molar-refractivity contribution in [2.24, 2.45) is 5.92 Å². The summed E-state index contributed by atoms with van der Waals surface area (Å²) in [6.45, 7) is 6.25. The van der Waals surface area contributed by atoms with Crippen molar-refractivity contribution in [2.75, 3.05) is 20.3 Å². The fraction of sp³-hybridized carbons (Fsp3) is 0.667. The molecule has 3 atom stereocenters. The largest absolute Gasteiger partial charge is 0.493 e. The van der Waals surface area contributed by atoms with Gasteiger partial charge in [0.1, 0.15) is 5.60 Å². The van der Waals surface area contributed by atoms with E-state index in [2.05, 4.69) is 25.2 Å². The number of fused-ring (bicyclic) bond motifs is 3. The Morgan fingerprint density at radius 1 is 1.32 bits per heavy atom. The molecule has 0 amide bonds. The molecule has 1 unspecified atom stereocenters. The highest BCUT2D eigenvalue weighted by Crippen LogP contribution is 2.54. The molecule has 4 heteroatoms. The fourth-order valence-corrected chi connectivity index (χ4v) is 4.40. The number of ether oxygens (including phenoxy) is 3. The van der Waals surface area contributed by atoms with Crippen molar-refractivity contribution in [3.05, 3.63) is 23.8 Å². The van der Waals surface area contributed by atoms with E-state index in [4.69, 9.17) is 14.2 Å². The molecule has 1 N–H and O–H groups in total. The van der Waals surface area contributed by atoms with Gasteiger partial charge in [-0.2, -0.15) is 0 Å². The van der Waals surface area contributed by atoms with Gasteiger partial charge in [0, 0.05) is 17.0 Å². The Morgan fingerprint density at radius 2 is 2.18 bits per heavy atom. The second-order valence-electron chi connectivity index (χ2n) is 7.44. The van der Waals surface area contributed by atoms with Gasteiger partial charge in [-0.3, -0.25) is 0 Å². The Bertz CT molecular complexity index is 578. The predicted octanol–water partition coefficient (Wildman–Crippen LogP) is 3.07. The lowest BCUT2D eigenvalue weighted by Crippen LogP contribution is -2.57. The van der Waals surface area contributed by atoms with Gasteiger partial charge in [0.2, 0.25) is 0 Å². The Labute approximate surface area is 132 Å². The summed E-state index contributed by atoms with van der Waals surface area (Å²) in [5.41, 5.74) is 1.03. The van der Waals surface area contributed by atoms with Crippen LogP contribution in [0.4, 0.5) is 0 Å². The summed E-state index contributed by atoms with van der Waals surface area (Å²) in [5, 5.41) is 3.68. The first-order valence-corrected chi connectivity index (χ1v) is 8.27. The van der Waals surface area contributed by atoms with E-state index >= 15 is 0 Å². The number of para-hydroxylation sites is 1. The maximum atomic E-state index is 6.38. The number of methoxy groups -OCH3 is 1. The van der Waals surface area contributed by atoms with Crippen molar-refractivity contribution in [2.45, 2.75) is 50.4 Å². The molecule has 120 valence electrons. The molecule has 0 radical (unpaired) electrons. The van der Waals surface area contributed by atoms with Crippen molar-refractivity contribution in [1.82, 2.24) is 5.32 Å². The molecule has 0 bridgehead atoms. The third kappa shape index (κ3) is 2.04. The van der Waals surface area contributed by atoms with Crippen molar-refractivity contribution >= 4 is 0 Å². The van der Waals surface area contributed by atoms with Crippen LogP contribution in [-0.4, -0.2) is 31.4 Å². The smallest absolute Gasteiger partial charge is 0.167 e. The Balaban J connectivity index is 1.74. The highest BCUT2D eigenvalue weighted by Gasteiger charge is 2.53. The van der Waals surface area contributed by atoms with E-state index in [0.29, 0.717) is 5.92 Å². The molecule has 4 rings (SSSR count). The number of nitrogens with one attached hydrogen (secondary N) is 1. The van der Waals surface area contributed by atoms with Crippen LogP contribution in [0.25, 0.3) is 0 Å². The summed E-state index contributed by atoms with van der Waals surface area (Å²) in [5.74, 6) is 2.00. The monoisotopic (exact) mass is 303 g/mol. The van der Waals surface area contributed by atoms with Gasteiger partial charge in [-0.05, 0) is 45.7 Å². The van der Waals surface area contributed by atoms with Crippen molar-refractivity contribution in [3.8, 4) is 11.5 Å². The van der Waals surface area contributed by atoms with Gasteiger partial charge in [0.05, 0.1) is 19.8 Å². The molecule has 1 aromatic carbocycles. The Kier molecular flexibility index (Phi) is 3.17. The quantitative estimate of drug-likeness (QED) is 0.865. The standard InChI is InChI=1S/C18H25NO3/c1-17(2)13-10-18(8-5-9-19-18)11-21-15(13)12-6-4-7-14(20-3)16(12)22-17/h4,6-7,13,15,19H,5,8-11H2,1-3H3/t13-,15+,18?/m1/s1. The maximum absolute atomic E-state index is 6.38. The molecule has 1 aromatic rings. The SMILES string of the molecule is COc1cccc2c1OC(C)(C)[C@@H]1CC3(CCCN3)CO[C@@H]21. The first-order chi connectivity index (χ1) is 10.5. The molecular weight excluding hydrogens is 278 g/mol. The minimum Gasteiger partial charge on any atom is -0.493 e. The molecular formula is C18H25NO3. The second kappa shape index (κ2) is 4.87. The lowest BCUT2D eigenvalue weighted by molar-refractivity contribution is -0.145. The summed E-state index contributed by atoms with van der Waals surface area (Å²) >= 11 is 0. The molecule has 3 aliphatic heterocycles. The van der Waals surface area contributed by atoms with Crippen LogP contribution in [0.2, 0.25) is 0 Å². The minimum absolute atomic E-state index is 0.0990.